The summed E-state index contributed by atoms with van der Waals surface area (Å²) < 4.78 is 20.3. The highest BCUT2D eigenvalue weighted by molar-refractivity contribution is 6.35. The molecule has 102 valence electrons. The SMILES string of the molecule is [B]c1cccc(F)c1-c1cn2ccc(C(=O)OC)cc2n1. The maximum atomic E-state index is 13.9. The first kappa shape index (κ1) is 13.4. The second-order valence-electron chi connectivity index (χ2n) is 4.50. The molecule has 21 heavy (non-hydrogen) atoms. The molecule has 0 bridgehead atoms. The average Bonchev–Trinajstić information content (AvgIpc) is 2.88. The van der Waals surface area contributed by atoms with Crippen LogP contribution in [0, 0.1) is 5.82 Å². The number of fused-ring (bicyclic) bond motifs is 1. The molecular weight excluding hydrogens is 270 g/mol. The van der Waals surface area contributed by atoms with E-state index in [1.165, 1.54) is 13.2 Å². The molecule has 0 spiro atoms. The number of methoxy groups -OCH3 is 1. The van der Waals surface area contributed by atoms with E-state index in [2.05, 4.69) is 9.72 Å². The Balaban J connectivity index is 2.15. The van der Waals surface area contributed by atoms with Gasteiger partial charge in [0.2, 0.25) is 0 Å². The van der Waals surface area contributed by atoms with Gasteiger partial charge in [0.05, 0.1) is 18.4 Å². The smallest absolute Gasteiger partial charge is 0.338 e. The number of nitrogens with zero attached hydrogens (tertiary/aromatic N) is 2. The summed E-state index contributed by atoms with van der Waals surface area (Å²) in [5, 5.41) is 0. The molecule has 0 aliphatic carbocycles. The minimum Gasteiger partial charge on any atom is -0.465 e. The minimum atomic E-state index is -0.451. The molecule has 0 unspecified atom stereocenters. The Bertz CT molecular complexity index is 825. The number of carbonyl (C=O) groups is 1. The van der Waals surface area contributed by atoms with Crippen LogP contribution in [0.2, 0.25) is 0 Å². The van der Waals surface area contributed by atoms with Crippen molar-refractivity contribution in [3.63, 3.8) is 0 Å². The van der Waals surface area contributed by atoms with E-state index in [0.717, 1.165) is 0 Å². The molecule has 4 nitrogen and oxygen atoms in total. The number of pyridine rings is 1. The third kappa shape index (κ3) is 2.29. The van der Waals surface area contributed by atoms with Gasteiger partial charge in [-0.3, -0.25) is 0 Å². The van der Waals surface area contributed by atoms with Crippen molar-refractivity contribution < 1.29 is 13.9 Å². The molecule has 1 aromatic carbocycles. The van der Waals surface area contributed by atoms with Gasteiger partial charge in [-0.25, -0.2) is 14.2 Å². The summed E-state index contributed by atoms with van der Waals surface area (Å²) in [6, 6.07) is 7.67. The van der Waals surface area contributed by atoms with Crippen molar-refractivity contribution >= 4 is 24.9 Å². The first-order valence-electron chi connectivity index (χ1n) is 6.21. The van der Waals surface area contributed by atoms with Crippen LogP contribution in [0.3, 0.4) is 0 Å². The highest BCUT2D eigenvalue weighted by atomic mass is 19.1. The standard InChI is InChI=1S/C15H10BFN2O2/c1-21-15(20)9-5-6-19-8-12(18-13(19)7-9)14-10(16)3-2-4-11(14)17/h2-8H,1H3. The van der Waals surface area contributed by atoms with Crippen molar-refractivity contribution in [2.45, 2.75) is 0 Å². The highest BCUT2D eigenvalue weighted by Crippen LogP contribution is 2.21. The summed E-state index contributed by atoms with van der Waals surface area (Å²) in [4.78, 5) is 15.8. The number of imidazole rings is 1. The van der Waals surface area contributed by atoms with E-state index in [1.807, 2.05) is 0 Å². The third-order valence-electron chi connectivity index (χ3n) is 3.18. The summed E-state index contributed by atoms with van der Waals surface area (Å²) in [6.07, 6.45) is 3.32. The lowest BCUT2D eigenvalue weighted by Gasteiger charge is -2.03. The molecule has 0 atom stereocenters. The van der Waals surface area contributed by atoms with Crippen LogP contribution in [0.1, 0.15) is 10.4 Å². The van der Waals surface area contributed by atoms with Gasteiger partial charge in [-0.1, -0.05) is 17.6 Å². The van der Waals surface area contributed by atoms with Gasteiger partial charge in [-0.2, -0.15) is 0 Å². The normalized spacial score (nSPS) is 10.8. The maximum absolute atomic E-state index is 13.9. The van der Waals surface area contributed by atoms with Gasteiger partial charge < -0.3 is 9.14 Å². The largest absolute Gasteiger partial charge is 0.465 e. The van der Waals surface area contributed by atoms with Crippen LogP contribution in [-0.4, -0.2) is 30.3 Å². The Hall–Kier alpha value is -2.63. The van der Waals surface area contributed by atoms with E-state index in [4.69, 9.17) is 7.85 Å². The van der Waals surface area contributed by atoms with E-state index in [0.29, 0.717) is 22.4 Å². The summed E-state index contributed by atoms with van der Waals surface area (Å²) in [5.41, 5.74) is 1.86. The van der Waals surface area contributed by atoms with Crippen molar-refractivity contribution in [3.05, 3.63) is 54.1 Å². The molecule has 3 rings (SSSR count). The number of ether oxygens (including phenoxy) is 1. The Kier molecular flexibility index (Phi) is 3.21. The number of esters is 1. The topological polar surface area (TPSA) is 43.6 Å². The lowest BCUT2D eigenvalue weighted by Crippen LogP contribution is -2.08. The number of halogens is 1. The predicted molar refractivity (Wildman–Crippen MR) is 77.3 cm³/mol. The van der Waals surface area contributed by atoms with Crippen molar-refractivity contribution in [1.82, 2.24) is 9.38 Å². The lowest BCUT2D eigenvalue weighted by molar-refractivity contribution is 0.0600. The second-order valence-corrected chi connectivity index (χ2v) is 4.50. The van der Waals surface area contributed by atoms with Gasteiger partial charge in [0.15, 0.2) is 0 Å². The number of hydrogen-bond donors (Lipinski definition) is 0. The monoisotopic (exact) mass is 280 g/mol. The van der Waals surface area contributed by atoms with Gasteiger partial charge in [-0.15, -0.1) is 0 Å². The molecule has 6 heteroatoms. The molecule has 0 aliphatic heterocycles. The number of benzene rings is 1. The average molecular weight is 280 g/mol. The minimum absolute atomic E-state index is 0.251. The van der Waals surface area contributed by atoms with Crippen LogP contribution in [0.5, 0.6) is 0 Å². The summed E-state index contributed by atoms with van der Waals surface area (Å²) in [7, 11) is 7.12. The van der Waals surface area contributed by atoms with Gasteiger partial charge in [-0.05, 0) is 18.2 Å². The summed E-state index contributed by atoms with van der Waals surface area (Å²) in [6.45, 7) is 0. The molecule has 0 saturated carbocycles. The van der Waals surface area contributed by atoms with E-state index < -0.39 is 11.8 Å². The van der Waals surface area contributed by atoms with E-state index in [1.54, 1.807) is 41.1 Å². The molecule has 2 aromatic heterocycles. The Morgan fingerprint density at radius 2 is 2.19 bits per heavy atom. The van der Waals surface area contributed by atoms with E-state index in [9.17, 15) is 9.18 Å². The maximum Gasteiger partial charge on any atom is 0.338 e. The summed E-state index contributed by atoms with van der Waals surface area (Å²) >= 11 is 0. The Morgan fingerprint density at radius 1 is 1.38 bits per heavy atom. The fraction of sp³-hybridized carbons (Fsp3) is 0.0667. The van der Waals surface area contributed by atoms with Crippen LogP contribution in [0.15, 0.2) is 42.7 Å². The third-order valence-corrected chi connectivity index (χ3v) is 3.18. The molecule has 3 aromatic rings. The molecule has 0 N–H and O–H groups in total. The second kappa shape index (κ2) is 5.05. The fourth-order valence-electron chi connectivity index (χ4n) is 2.16. The number of hydrogen-bond acceptors (Lipinski definition) is 3. The van der Waals surface area contributed by atoms with Gasteiger partial charge in [0, 0.05) is 18.0 Å². The molecule has 2 radical (unpaired) electrons. The molecule has 0 aliphatic rings. The van der Waals surface area contributed by atoms with Gasteiger partial charge in [0.1, 0.15) is 19.3 Å². The molecular formula is C15H10BFN2O2. The molecule has 0 fully saturated rings. The summed E-state index contributed by atoms with van der Waals surface area (Å²) in [5.74, 6) is -0.890. The van der Waals surface area contributed by atoms with Crippen LogP contribution in [0.25, 0.3) is 16.9 Å². The Morgan fingerprint density at radius 3 is 2.90 bits per heavy atom. The van der Waals surface area contributed by atoms with E-state index in [-0.39, 0.29) is 5.56 Å². The molecule has 0 amide bonds. The van der Waals surface area contributed by atoms with E-state index >= 15 is 0 Å². The van der Waals surface area contributed by atoms with Crippen LogP contribution in [-0.2, 0) is 4.74 Å². The highest BCUT2D eigenvalue weighted by Gasteiger charge is 2.13. The van der Waals surface area contributed by atoms with Crippen molar-refractivity contribution in [1.29, 1.82) is 0 Å². The van der Waals surface area contributed by atoms with Crippen LogP contribution >= 0.6 is 0 Å². The van der Waals surface area contributed by atoms with Gasteiger partial charge in [0.25, 0.3) is 0 Å². The number of carbonyl (C=O) groups excluding carboxylic acids is 1. The quantitative estimate of drug-likeness (QED) is 0.530. The zero-order chi connectivity index (χ0) is 15.0. The zero-order valence-corrected chi connectivity index (χ0v) is 11.2. The molecule has 0 saturated heterocycles. The van der Waals surface area contributed by atoms with Crippen molar-refractivity contribution in [2.24, 2.45) is 0 Å². The number of aromatic nitrogens is 2. The Labute approximate surface area is 121 Å². The van der Waals surface area contributed by atoms with Crippen LogP contribution < -0.4 is 5.46 Å². The molecule has 2 heterocycles. The first-order valence-corrected chi connectivity index (χ1v) is 6.21. The lowest BCUT2D eigenvalue weighted by atomic mass is 9.89. The predicted octanol–water partition coefficient (Wildman–Crippen LogP) is 1.72. The van der Waals surface area contributed by atoms with Crippen LogP contribution in [0.4, 0.5) is 4.39 Å². The van der Waals surface area contributed by atoms with Crippen molar-refractivity contribution in [3.8, 4) is 11.3 Å². The zero-order valence-electron chi connectivity index (χ0n) is 11.2. The first-order chi connectivity index (χ1) is 10.1. The van der Waals surface area contributed by atoms with Crippen molar-refractivity contribution in [2.75, 3.05) is 7.11 Å². The number of rotatable bonds is 2. The van der Waals surface area contributed by atoms with Gasteiger partial charge >= 0.3 is 5.97 Å². The fourth-order valence-corrected chi connectivity index (χ4v) is 2.16.